The Morgan fingerprint density at radius 1 is 1.42 bits per heavy atom. The second-order valence-corrected chi connectivity index (χ2v) is 4.06. The van der Waals surface area contributed by atoms with Gasteiger partial charge in [-0.2, -0.15) is 0 Å². The van der Waals surface area contributed by atoms with Gasteiger partial charge in [-0.1, -0.05) is 51.9 Å². The SMILES string of the molecule is O[C@@H](CI)c1ccc(Cl)cc1Cl. The molecule has 0 aliphatic rings. The number of rotatable bonds is 2. The average Bonchev–Trinajstić information content (AvgIpc) is 2.03. The molecule has 0 heterocycles. The topological polar surface area (TPSA) is 20.2 Å². The molecule has 0 radical (unpaired) electrons. The quantitative estimate of drug-likeness (QED) is 0.654. The Balaban J connectivity index is 3.01. The van der Waals surface area contributed by atoms with Crippen LogP contribution >= 0.6 is 45.8 Å². The Bertz CT molecular complexity index is 278. The highest BCUT2D eigenvalue weighted by Crippen LogP contribution is 2.26. The van der Waals surface area contributed by atoms with Gasteiger partial charge in [0.1, 0.15) is 0 Å². The zero-order chi connectivity index (χ0) is 9.14. The fourth-order valence-electron chi connectivity index (χ4n) is 0.855. The van der Waals surface area contributed by atoms with Crippen molar-refractivity contribution in [2.45, 2.75) is 6.10 Å². The van der Waals surface area contributed by atoms with E-state index in [0.717, 1.165) is 5.56 Å². The Morgan fingerprint density at radius 3 is 2.58 bits per heavy atom. The predicted molar refractivity (Wildman–Crippen MR) is 60.3 cm³/mol. The molecule has 0 amide bonds. The third kappa shape index (κ3) is 2.49. The minimum absolute atomic E-state index is 0.504. The van der Waals surface area contributed by atoms with Crippen LogP contribution in [0.5, 0.6) is 0 Å². The van der Waals surface area contributed by atoms with Gasteiger partial charge in [0, 0.05) is 14.5 Å². The Morgan fingerprint density at radius 2 is 2.08 bits per heavy atom. The summed E-state index contributed by atoms with van der Waals surface area (Å²) in [5.41, 5.74) is 0.732. The molecule has 1 atom stereocenters. The van der Waals surface area contributed by atoms with Crippen molar-refractivity contribution in [3.8, 4) is 0 Å². The molecule has 1 rings (SSSR count). The van der Waals surface area contributed by atoms with E-state index >= 15 is 0 Å². The summed E-state index contributed by atoms with van der Waals surface area (Å²) in [6.07, 6.45) is -0.504. The van der Waals surface area contributed by atoms with E-state index in [0.29, 0.717) is 14.5 Å². The first-order chi connectivity index (χ1) is 5.65. The van der Waals surface area contributed by atoms with Crippen LogP contribution in [0.1, 0.15) is 11.7 Å². The molecule has 0 fully saturated rings. The first kappa shape index (κ1) is 10.6. The van der Waals surface area contributed by atoms with Crippen molar-refractivity contribution >= 4 is 45.8 Å². The van der Waals surface area contributed by atoms with Crippen LogP contribution in [0.4, 0.5) is 0 Å². The van der Waals surface area contributed by atoms with Gasteiger partial charge >= 0.3 is 0 Å². The second kappa shape index (κ2) is 4.65. The number of aliphatic hydroxyl groups is 1. The summed E-state index contributed by atoms with van der Waals surface area (Å²) in [6.45, 7) is 0. The molecule has 0 saturated heterocycles. The second-order valence-electron chi connectivity index (χ2n) is 2.34. The summed E-state index contributed by atoms with van der Waals surface area (Å²) in [5, 5.41) is 10.6. The van der Waals surface area contributed by atoms with Gasteiger partial charge in [0.25, 0.3) is 0 Å². The van der Waals surface area contributed by atoms with Crippen molar-refractivity contribution in [2.75, 3.05) is 4.43 Å². The lowest BCUT2D eigenvalue weighted by Gasteiger charge is -2.08. The largest absolute Gasteiger partial charge is 0.388 e. The van der Waals surface area contributed by atoms with Crippen LogP contribution in [0.3, 0.4) is 0 Å². The maximum absolute atomic E-state index is 9.47. The van der Waals surface area contributed by atoms with E-state index in [-0.39, 0.29) is 0 Å². The van der Waals surface area contributed by atoms with E-state index in [1.54, 1.807) is 18.2 Å². The molecule has 0 spiro atoms. The van der Waals surface area contributed by atoms with Crippen LogP contribution in [0.2, 0.25) is 10.0 Å². The summed E-state index contributed by atoms with van der Waals surface area (Å²) < 4.78 is 0.624. The maximum atomic E-state index is 9.47. The average molecular weight is 317 g/mol. The van der Waals surface area contributed by atoms with E-state index in [9.17, 15) is 5.11 Å². The summed E-state index contributed by atoms with van der Waals surface area (Å²) in [5.74, 6) is 0. The van der Waals surface area contributed by atoms with Gasteiger partial charge in [0.2, 0.25) is 0 Å². The molecule has 66 valence electrons. The van der Waals surface area contributed by atoms with Crippen LogP contribution in [-0.2, 0) is 0 Å². The Hall–Kier alpha value is 0.490. The number of aliphatic hydroxyl groups excluding tert-OH is 1. The molecule has 0 aliphatic carbocycles. The molecule has 1 nitrogen and oxygen atoms in total. The molecule has 0 aromatic heterocycles. The van der Waals surface area contributed by atoms with E-state index in [4.69, 9.17) is 23.2 Å². The fourth-order valence-corrected chi connectivity index (χ4v) is 1.86. The Labute approximate surface area is 94.8 Å². The lowest BCUT2D eigenvalue weighted by molar-refractivity contribution is 0.207. The van der Waals surface area contributed by atoms with Crippen LogP contribution in [0.15, 0.2) is 18.2 Å². The molecule has 0 aliphatic heterocycles. The zero-order valence-electron chi connectivity index (χ0n) is 6.10. The monoisotopic (exact) mass is 316 g/mol. The summed E-state index contributed by atoms with van der Waals surface area (Å²) in [4.78, 5) is 0. The predicted octanol–water partition coefficient (Wildman–Crippen LogP) is 3.46. The van der Waals surface area contributed by atoms with Crippen molar-refractivity contribution in [3.05, 3.63) is 33.8 Å². The minimum atomic E-state index is -0.504. The van der Waals surface area contributed by atoms with Crippen molar-refractivity contribution < 1.29 is 5.11 Å². The van der Waals surface area contributed by atoms with Crippen molar-refractivity contribution in [3.63, 3.8) is 0 Å². The van der Waals surface area contributed by atoms with Crippen LogP contribution in [0, 0.1) is 0 Å². The fraction of sp³-hybridized carbons (Fsp3) is 0.250. The minimum Gasteiger partial charge on any atom is -0.388 e. The molecule has 0 bridgehead atoms. The van der Waals surface area contributed by atoms with Gasteiger partial charge in [-0.15, -0.1) is 0 Å². The molecular formula is C8H7Cl2IO. The van der Waals surface area contributed by atoms with Gasteiger partial charge in [-0.25, -0.2) is 0 Å². The number of hydrogen-bond donors (Lipinski definition) is 1. The molecule has 0 saturated carbocycles. The van der Waals surface area contributed by atoms with Crippen molar-refractivity contribution in [1.82, 2.24) is 0 Å². The lowest BCUT2D eigenvalue weighted by atomic mass is 10.1. The van der Waals surface area contributed by atoms with Gasteiger partial charge in [0.05, 0.1) is 6.10 Å². The molecule has 1 N–H and O–H groups in total. The smallest absolute Gasteiger partial charge is 0.0893 e. The molecule has 0 unspecified atom stereocenters. The zero-order valence-corrected chi connectivity index (χ0v) is 9.77. The highest BCUT2D eigenvalue weighted by molar-refractivity contribution is 14.1. The number of hydrogen-bond acceptors (Lipinski definition) is 1. The number of halogens is 3. The van der Waals surface area contributed by atoms with E-state index in [1.165, 1.54) is 0 Å². The summed E-state index contributed by atoms with van der Waals surface area (Å²) in [6, 6.07) is 5.10. The first-order valence-corrected chi connectivity index (χ1v) is 5.62. The summed E-state index contributed by atoms with van der Waals surface area (Å²) >= 11 is 13.7. The molecule has 12 heavy (non-hydrogen) atoms. The van der Waals surface area contributed by atoms with Gasteiger partial charge < -0.3 is 5.11 Å². The normalized spacial score (nSPS) is 13.0. The van der Waals surface area contributed by atoms with Crippen molar-refractivity contribution in [2.24, 2.45) is 0 Å². The highest BCUT2D eigenvalue weighted by atomic mass is 127. The van der Waals surface area contributed by atoms with Gasteiger partial charge in [-0.05, 0) is 17.7 Å². The Kier molecular flexibility index (Phi) is 4.10. The van der Waals surface area contributed by atoms with E-state index < -0.39 is 6.10 Å². The molecule has 4 heteroatoms. The maximum Gasteiger partial charge on any atom is 0.0893 e. The third-order valence-electron chi connectivity index (χ3n) is 1.47. The summed E-state index contributed by atoms with van der Waals surface area (Å²) in [7, 11) is 0. The highest BCUT2D eigenvalue weighted by Gasteiger charge is 2.09. The first-order valence-electron chi connectivity index (χ1n) is 3.34. The molecule has 1 aromatic carbocycles. The molecular weight excluding hydrogens is 310 g/mol. The van der Waals surface area contributed by atoms with Crippen LogP contribution < -0.4 is 0 Å². The van der Waals surface area contributed by atoms with Gasteiger partial charge in [0.15, 0.2) is 0 Å². The standard InChI is InChI=1S/C8H7Cl2IO/c9-5-1-2-6(7(10)3-5)8(12)4-11/h1-3,8,12H,4H2/t8-/m0/s1. The van der Waals surface area contributed by atoms with Gasteiger partial charge in [-0.3, -0.25) is 0 Å². The van der Waals surface area contributed by atoms with E-state index in [2.05, 4.69) is 22.6 Å². The third-order valence-corrected chi connectivity index (χ3v) is 2.86. The lowest BCUT2D eigenvalue weighted by Crippen LogP contribution is -1.98. The van der Waals surface area contributed by atoms with Crippen molar-refractivity contribution in [1.29, 1.82) is 0 Å². The number of benzene rings is 1. The van der Waals surface area contributed by atoms with Crippen LogP contribution in [0.25, 0.3) is 0 Å². The van der Waals surface area contributed by atoms with Crippen LogP contribution in [-0.4, -0.2) is 9.53 Å². The number of alkyl halides is 1. The van der Waals surface area contributed by atoms with E-state index in [1.807, 2.05) is 0 Å². The molecule has 1 aromatic rings.